The van der Waals surface area contributed by atoms with Crippen LogP contribution in [0.3, 0.4) is 0 Å². The SMILES string of the molecule is C=CCc1ccccc1OCC(O)COC. The molecule has 1 aromatic rings. The van der Waals surface area contributed by atoms with Crippen molar-refractivity contribution in [3.8, 4) is 5.75 Å². The summed E-state index contributed by atoms with van der Waals surface area (Å²) in [5.41, 5.74) is 1.07. The molecule has 0 saturated carbocycles. The highest BCUT2D eigenvalue weighted by Crippen LogP contribution is 2.18. The minimum atomic E-state index is -0.596. The Bertz CT molecular complexity index is 323. The number of ether oxygens (including phenoxy) is 2. The molecule has 1 aromatic carbocycles. The van der Waals surface area contributed by atoms with Crippen LogP contribution in [0.4, 0.5) is 0 Å². The Morgan fingerprint density at radius 3 is 2.81 bits per heavy atom. The first-order valence-electron chi connectivity index (χ1n) is 5.26. The highest BCUT2D eigenvalue weighted by molar-refractivity contribution is 5.34. The van der Waals surface area contributed by atoms with Gasteiger partial charge in [-0.05, 0) is 18.1 Å². The molecule has 16 heavy (non-hydrogen) atoms. The normalized spacial score (nSPS) is 12.1. The van der Waals surface area contributed by atoms with Crippen molar-refractivity contribution >= 4 is 0 Å². The van der Waals surface area contributed by atoms with Crippen LogP contribution in [0, 0.1) is 0 Å². The smallest absolute Gasteiger partial charge is 0.122 e. The van der Waals surface area contributed by atoms with E-state index in [0.29, 0.717) is 0 Å². The molecule has 1 rings (SSSR count). The Labute approximate surface area is 96.3 Å². The van der Waals surface area contributed by atoms with E-state index in [0.717, 1.165) is 17.7 Å². The second-order valence-electron chi connectivity index (χ2n) is 3.52. The highest BCUT2D eigenvalue weighted by atomic mass is 16.5. The van der Waals surface area contributed by atoms with E-state index in [4.69, 9.17) is 9.47 Å². The van der Waals surface area contributed by atoms with Gasteiger partial charge in [0.2, 0.25) is 0 Å². The van der Waals surface area contributed by atoms with Gasteiger partial charge in [-0.3, -0.25) is 0 Å². The first-order chi connectivity index (χ1) is 7.77. The first-order valence-corrected chi connectivity index (χ1v) is 5.26. The fraction of sp³-hybridized carbons (Fsp3) is 0.385. The van der Waals surface area contributed by atoms with Crippen molar-refractivity contribution in [1.29, 1.82) is 0 Å². The van der Waals surface area contributed by atoms with Crippen LogP contribution in [0.5, 0.6) is 5.75 Å². The molecule has 88 valence electrons. The van der Waals surface area contributed by atoms with E-state index >= 15 is 0 Å². The van der Waals surface area contributed by atoms with Crippen LogP contribution < -0.4 is 4.74 Å². The topological polar surface area (TPSA) is 38.7 Å². The summed E-state index contributed by atoms with van der Waals surface area (Å²) in [6.07, 6.45) is 1.99. The van der Waals surface area contributed by atoms with E-state index in [1.54, 1.807) is 7.11 Å². The standard InChI is InChI=1S/C13H18O3/c1-3-6-11-7-4-5-8-13(11)16-10-12(14)9-15-2/h3-5,7-8,12,14H,1,6,9-10H2,2H3. The molecule has 1 atom stereocenters. The Balaban J connectivity index is 2.55. The van der Waals surface area contributed by atoms with Gasteiger partial charge in [0.25, 0.3) is 0 Å². The van der Waals surface area contributed by atoms with Gasteiger partial charge in [0.15, 0.2) is 0 Å². The quantitative estimate of drug-likeness (QED) is 0.715. The van der Waals surface area contributed by atoms with Gasteiger partial charge in [-0.1, -0.05) is 24.3 Å². The number of hydrogen-bond acceptors (Lipinski definition) is 3. The van der Waals surface area contributed by atoms with E-state index in [9.17, 15) is 5.11 Å². The molecule has 0 amide bonds. The molecule has 0 spiro atoms. The molecule has 1 N–H and O–H groups in total. The average molecular weight is 222 g/mol. The maximum atomic E-state index is 9.46. The fourth-order valence-corrected chi connectivity index (χ4v) is 1.40. The molecule has 0 aliphatic heterocycles. The summed E-state index contributed by atoms with van der Waals surface area (Å²) in [5.74, 6) is 0.789. The van der Waals surface area contributed by atoms with E-state index in [-0.39, 0.29) is 13.2 Å². The predicted molar refractivity (Wildman–Crippen MR) is 63.7 cm³/mol. The molecule has 0 fully saturated rings. The zero-order valence-electron chi connectivity index (χ0n) is 9.56. The third kappa shape index (κ3) is 4.04. The summed E-state index contributed by atoms with van der Waals surface area (Å²) in [6, 6.07) is 7.74. The number of benzene rings is 1. The van der Waals surface area contributed by atoms with Crippen molar-refractivity contribution in [3.63, 3.8) is 0 Å². The highest BCUT2D eigenvalue weighted by Gasteiger charge is 2.06. The molecule has 0 heterocycles. The monoisotopic (exact) mass is 222 g/mol. The summed E-state index contributed by atoms with van der Waals surface area (Å²) in [5, 5.41) is 9.46. The number of hydrogen-bond donors (Lipinski definition) is 1. The molecule has 3 heteroatoms. The maximum absolute atomic E-state index is 9.46. The van der Waals surface area contributed by atoms with Crippen molar-refractivity contribution < 1.29 is 14.6 Å². The number of aliphatic hydroxyl groups is 1. The van der Waals surface area contributed by atoms with Gasteiger partial charge in [0.1, 0.15) is 18.5 Å². The van der Waals surface area contributed by atoms with Crippen molar-refractivity contribution in [2.75, 3.05) is 20.3 Å². The third-order valence-electron chi connectivity index (χ3n) is 2.13. The maximum Gasteiger partial charge on any atom is 0.122 e. The lowest BCUT2D eigenvalue weighted by Gasteiger charge is -2.13. The van der Waals surface area contributed by atoms with Crippen LogP contribution in [0.15, 0.2) is 36.9 Å². The van der Waals surface area contributed by atoms with Gasteiger partial charge >= 0.3 is 0 Å². The lowest BCUT2D eigenvalue weighted by atomic mass is 10.1. The lowest BCUT2D eigenvalue weighted by Crippen LogP contribution is -2.22. The molecule has 0 radical (unpaired) electrons. The van der Waals surface area contributed by atoms with Crippen LogP contribution in [0.2, 0.25) is 0 Å². The Hall–Kier alpha value is -1.32. The van der Waals surface area contributed by atoms with Crippen molar-refractivity contribution in [2.45, 2.75) is 12.5 Å². The number of aliphatic hydroxyl groups excluding tert-OH is 1. The average Bonchev–Trinajstić information content (AvgIpc) is 2.29. The van der Waals surface area contributed by atoms with Crippen LogP contribution in [-0.2, 0) is 11.2 Å². The number of para-hydroxylation sites is 1. The minimum absolute atomic E-state index is 0.238. The van der Waals surface area contributed by atoms with Gasteiger partial charge in [0.05, 0.1) is 6.61 Å². The number of allylic oxidation sites excluding steroid dienone is 1. The lowest BCUT2D eigenvalue weighted by molar-refractivity contribution is 0.0323. The first kappa shape index (κ1) is 12.7. The molecular formula is C13H18O3. The van der Waals surface area contributed by atoms with Gasteiger partial charge in [-0.15, -0.1) is 6.58 Å². The molecule has 0 aliphatic rings. The van der Waals surface area contributed by atoms with Gasteiger partial charge in [-0.25, -0.2) is 0 Å². The zero-order chi connectivity index (χ0) is 11.8. The van der Waals surface area contributed by atoms with Crippen molar-refractivity contribution in [2.24, 2.45) is 0 Å². The van der Waals surface area contributed by atoms with Gasteiger partial charge < -0.3 is 14.6 Å². The third-order valence-corrected chi connectivity index (χ3v) is 2.13. The van der Waals surface area contributed by atoms with E-state index in [1.807, 2.05) is 30.3 Å². The molecule has 1 unspecified atom stereocenters. The van der Waals surface area contributed by atoms with Crippen LogP contribution in [0.25, 0.3) is 0 Å². The fourth-order valence-electron chi connectivity index (χ4n) is 1.40. The zero-order valence-corrected chi connectivity index (χ0v) is 9.56. The van der Waals surface area contributed by atoms with Crippen LogP contribution >= 0.6 is 0 Å². The second-order valence-corrected chi connectivity index (χ2v) is 3.52. The largest absolute Gasteiger partial charge is 0.491 e. The Morgan fingerprint density at radius 1 is 1.38 bits per heavy atom. The minimum Gasteiger partial charge on any atom is -0.491 e. The summed E-state index contributed by atoms with van der Waals surface area (Å²) >= 11 is 0. The number of rotatable bonds is 7. The molecule has 0 saturated heterocycles. The summed E-state index contributed by atoms with van der Waals surface area (Å²) in [7, 11) is 1.55. The molecule has 0 aliphatic carbocycles. The van der Waals surface area contributed by atoms with Gasteiger partial charge in [0, 0.05) is 7.11 Å². The summed E-state index contributed by atoms with van der Waals surface area (Å²) in [6.45, 7) is 4.22. The second kappa shape index (κ2) is 7.04. The molecule has 0 aromatic heterocycles. The molecular weight excluding hydrogens is 204 g/mol. The predicted octanol–water partition coefficient (Wildman–Crippen LogP) is 1.80. The summed E-state index contributed by atoms with van der Waals surface area (Å²) < 4.78 is 10.3. The van der Waals surface area contributed by atoms with E-state index in [2.05, 4.69) is 6.58 Å². The molecule has 0 bridgehead atoms. The van der Waals surface area contributed by atoms with E-state index in [1.165, 1.54) is 0 Å². The number of methoxy groups -OCH3 is 1. The van der Waals surface area contributed by atoms with Crippen LogP contribution in [0.1, 0.15) is 5.56 Å². The molecule has 3 nitrogen and oxygen atoms in total. The Morgan fingerprint density at radius 2 is 2.12 bits per heavy atom. The van der Waals surface area contributed by atoms with E-state index < -0.39 is 6.10 Å². The van der Waals surface area contributed by atoms with Crippen LogP contribution in [-0.4, -0.2) is 31.5 Å². The van der Waals surface area contributed by atoms with Gasteiger partial charge in [-0.2, -0.15) is 0 Å². The van der Waals surface area contributed by atoms with Crippen molar-refractivity contribution in [3.05, 3.63) is 42.5 Å². The van der Waals surface area contributed by atoms with Crippen molar-refractivity contribution in [1.82, 2.24) is 0 Å². The Kier molecular flexibility index (Phi) is 5.61. The summed E-state index contributed by atoms with van der Waals surface area (Å²) in [4.78, 5) is 0.